The minimum absolute atomic E-state index is 0.188. The summed E-state index contributed by atoms with van der Waals surface area (Å²) in [5, 5.41) is 0. The van der Waals surface area contributed by atoms with Gasteiger partial charge in [-0.1, -0.05) is 31.2 Å². The maximum Gasteiger partial charge on any atom is 0.276 e. The first kappa shape index (κ1) is 18.9. The van der Waals surface area contributed by atoms with E-state index in [1.165, 1.54) is 5.56 Å². The van der Waals surface area contributed by atoms with E-state index in [2.05, 4.69) is 18.0 Å². The molecule has 0 spiro atoms. The molecule has 0 saturated heterocycles. The molecule has 1 atom stereocenters. The molecule has 5 N–H and O–H groups in total. The maximum atomic E-state index is 11.9. The van der Waals surface area contributed by atoms with Crippen LogP contribution in [0.4, 0.5) is 0 Å². The summed E-state index contributed by atoms with van der Waals surface area (Å²) in [5.74, 6) is -0.0904. The molecule has 1 aromatic rings. The van der Waals surface area contributed by atoms with Gasteiger partial charge in [0.2, 0.25) is 0 Å². The summed E-state index contributed by atoms with van der Waals surface area (Å²) in [6.07, 6.45) is 4.24. The van der Waals surface area contributed by atoms with Crippen LogP contribution in [0.25, 0.3) is 6.08 Å². The lowest BCUT2D eigenvalue weighted by atomic mass is 9.94. The Bertz CT molecular complexity index is 727. The number of benzene rings is 1. The van der Waals surface area contributed by atoms with Gasteiger partial charge >= 0.3 is 0 Å². The number of fused-ring (bicyclic) bond motifs is 1. The van der Waals surface area contributed by atoms with Gasteiger partial charge in [-0.15, -0.1) is 0 Å². The fourth-order valence-corrected chi connectivity index (χ4v) is 2.24. The molecule has 0 aromatic heterocycles. The molecule has 1 aliphatic carbocycles. The lowest BCUT2D eigenvalue weighted by Crippen LogP contribution is -2.24. The maximum absolute atomic E-state index is 11.9. The number of carbonyl (C=O) groups is 1. The standard InChI is InChI=1S/C14H17N3O.CH4O3S/c1-9-6-7-11(13(18)17-14(15)16)8-10-4-2-3-5-12(9)10;1-5(2,3)4/h2-5,8-9H,6-7H2,1H3,(H4,15,16,17,18);1H3,(H,2,3,4). The van der Waals surface area contributed by atoms with Gasteiger partial charge in [0.1, 0.15) is 0 Å². The van der Waals surface area contributed by atoms with Crippen molar-refractivity contribution < 1.29 is 17.8 Å². The molecular formula is C15H21N3O4S. The molecule has 1 amide bonds. The Kier molecular flexibility index (Phi) is 6.47. The van der Waals surface area contributed by atoms with Crippen molar-refractivity contribution in [1.82, 2.24) is 0 Å². The second kappa shape index (κ2) is 7.89. The Morgan fingerprint density at radius 3 is 2.43 bits per heavy atom. The predicted octanol–water partition coefficient (Wildman–Crippen LogP) is 1.27. The number of amides is 1. The van der Waals surface area contributed by atoms with Crippen LogP contribution in [0.5, 0.6) is 0 Å². The SMILES string of the molecule is CC1CCC(C(=O)N=C(N)N)=Cc2ccccc21.CS(=O)(=O)O. The monoisotopic (exact) mass is 339 g/mol. The van der Waals surface area contributed by atoms with Crippen LogP contribution in [0.1, 0.15) is 36.8 Å². The van der Waals surface area contributed by atoms with Crippen LogP contribution < -0.4 is 11.5 Å². The van der Waals surface area contributed by atoms with Crippen LogP contribution in [0.3, 0.4) is 0 Å². The summed E-state index contributed by atoms with van der Waals surface area (Å²) < 4.78 is 25.9. The van der Waals surface area contributed by atoms with Crippen molar-refractivity contribution in [3.8, 4) is 0 Å². The zero-order valence-corrected chi connectivity index (χ0v) is 13.9. The highest BCUT2D eigenvalue weighted by atomic mass is 32.2. The second-order valence-corrected chi connectivity index (χ2v) is 6.78. The van der Waals surface area contributed by atoms with Crippen molar-refractivity contribution in [3.05, 3.63) is 41.0 Å². The number of carbonyl (C=O) groups excluding carboxylic acids is 1. The third-order valence-corrected chi connectivity index (χ3v) is 3.21. The van der Waals surface area contributed by atoms with E-state index in [-0.39, 0.29) is 11.9 Å². The predicted molar refractivity (Wildman–Crippen MR) is 90.4 cm³/mol. The Labute approximate surface area is 135 Å². The van der Waals surface area contributed by atoms with Gasteiger partial charge in [0.25, 0.3) is 16.0 Å². The Hall–Kier alpha value is -2.19. The Morgan fingerprint density at radius 2 is 1.87 bits per heavy atom. The molecule has 0 bridgehead atoms. The van der Waals surface area contributed by atoms with Crippen LogP contribution in [-0.2, 0) is 14.9 Å². The van der Waals surface area contributed by atoms with E-state index in [1.807, 2.05) is 24.3 Å². The first-order valence-corrected chi connectivity index (χ1v) is 8.78. The first-order valence-electron chi connectivity index (χ1n) is 6.94. The molecule has 8 heteroatoms. The highest BCUT2D eigenvalue weighted by Crippen LogP contribution is 2.31. The van der Waals surface area contributed by atoms with E-state index >= 15 is 0 Å². The number of guanidine groups is 1. The van der Waals surface area contributed by atoms with E-state index in [0.717, 1.165) is 12.0 Å². The van der Waals surface area contributed by atoms with Crippen LogP contribution in [0.2, 0.25) is 0 Å². The summed E-state index contributed by atoms with van der Waals surface area (Å²) in [4.78, 5) is 15.5. The molecule has 0 radical (unpaired) electrons. The van der Waals surface area contributed by atoms with E-state index in [0.29, 0.717) is 24.2 Å². The van der Waals surface area contributed by atoms with Gasteiger partial charge in [-0.05, 0) is 36.0 Å². The highest BCUT2D eigenvalue weighted by Gasteiger charge is 2.18. The number of aliphatic imine (C=N–C) groups is 1. The first-order chi connectivity index (χ1) is 10.6. The number of hydrogen-bond acceptors (Lipinski definition) is 3. The number of nitrogens with zero attached hydrogens (tertiary/aromatic N) is 1. The van der Waals surface area contributed by atoms with Gasteiger partial charge in [0.05, 0.1) is 6.26 Å². The lowest BCUT2D eigenvalue weighted by Gasteiger charge is -2.10. The molecular weight excluding hydrogens is 318 g/mol. The normalized spacial score (nSPS) is 16.8. The Balaban J connectivity index is 0.000000463. The third-order valence-electron chi connectivity index (χ3n) is 3.21. The Morgan fingerprint density at radius 1 is 1.30 bits per heavy atom. The second-order valence-electron chi connectivity index (χ2n) is 5.31. The number of nitrogens with two attached hydrogens (primary N) is 2. The van der Waals surface area contributed by atoms with E-state index in [4.69, 9.17) is 16.0 Å². The molecule has 0 aliphatic heterocycles. The summed E-state index contributed by atoms with van der Waals surface area (Å²) >= 11 is 0. The molecule has 23 heavy (non-hydrogen) atoms. The van der Waals surface area contributed by atoms with E-state index in [9.17, 15) is 13.2 Å². The third kappa shape index (κ3) is 7.07. The van der Waals surface area contributed by atoms with Gasteiger partial charge in [0.15, 0.2) is 5.96 Å². The molecule has 1 aromatic carbocycles. The topological polar surface area (TPSA) is 136 Å². The fourth-order valence-electron chi connectivity index (χ4n) is 2.24. The molecule has 126 valence electrons. The quantitative estimate of drug-likeness (QED) is 0.400. The number of hydrogen-bond donors (Lipinski definition) is 3. The average Bonchev–Trinajstić information content (AvgIpc) is 2.56. The van der Waals surface area contributed by atoms with Crippen LogP contribution >= 0.6 is 0 Å². The van der Waals surface area contributed by atoms with Gasteiger partial charge in [-0.25, -0.2) is 0 Å². The molecule has 0 fully saturated rings. The summed E-state index contributed by atoms with van der Waals surface area (Å²) in [6, 6.07) is 8.10. The summed E-state index contributed by atoms with van der Waals surface area (Å²) in [7, 11) is -3.67. The molecule has 7 nitrogen and oxygen atoms in total. The fraction of sp³-hybridized carbons (Fsp3) is 0.333. The zero-order valence-electron chi connectivity index (χ0n) is 13.1. The molecule has 1 aliphatic rings. The van der Waals surface area contributed by atoms with Crippen LogP contribution in [0.15, 0.2) is 34.8 Å². The minimum atomic E-state index is -3.67. The van der Waals surface area contributed by atoms with Crippen molar-refractivity contribution in [3.63, 3.8) is 0 Å². The average molecular weight is 339 g/mol. The minimum Gasteiger partial charge on any atom is -0.370 e. The molecule has 2 rings (SSSR count). The van der Waals surface area contributed by atoms with Gasteiger partial charge in [-0.2, -0.15) is 13.4 Å². The molecule has 1 unspecified atom stereocenters. The van der Waals surface area contributed by atoms with E-state index < -0.39 is 10.1 Å². The van der Waals surface area contributed by atoms with Crippen molar-refractivity contribution in [1.29, 1.82) is 0 Å². The van der Waals surface area contributed by atoms with Gasteiger partial charge < -0.3 is 11.5 Å². The molecule has 0 heterocycles. The van der Waals surface area contributed by atoms with Gasteiger partial charge in [0, 0.05) is 5.57 Å². The smallest absolute Gasteiger partial charge is 0.276 e. The van der Waals surface area contributed by atoms with Crippen molar-refractivity contribution in [2.45, 2.75) is 25.7 Å². The molecule has 0 saturated carbocycles. The highest BCUT2D eigenvalue weighted by molar-refractivity contribution is 7.85. The number of rotatable bonds is 1. The summed E-state index contributed by atoms with van der Waals surface area (Å²) in [6.45, 7) is 2.17. The van der Waals surface area contributed by atoms with Crippen LogP contribution in [-0.4, -0.2) is 31.1 Å². The zero-order chi connectivity index (χ0) is 17.6. The van der Waals surface area contributed by atoms with Crippen molar-refractivity contribution in [2.24, 2.45) is 16.5 Å². The van der Waals surface area contributed by atoms with Crippen molar-refractivity contribution >= 4 is 28.1 Å². The summed E-state index contributed by atoms with van der Waals surface area (Å²) in [5.41, 5.74) is 13.5. The van der Waals surface area contributed by atoms with E-state index in [1.54, 1.807) is 0 Å². The lowest BCUT2D eigenvalue weighted by molar-refractivity contribution is -0.114. The van der Waals surface area contributed by atoms with Crippen LogP contribution in [0, 0.1) is 0 Å². The largest absolute Gasteiger partial charge is 0.370 e. The van der Waals surface area contributed by atoms with Crippen molar-refractivity contribution in [2.75, 3.05) is 6.26 Å². The van der Waals surface area contributed by atoms with Gasteiger partial charge in [-0.3, -0.25) is 9.35 Å².